The molecule has 118 valence electrons. The molecule has 1 amide bonds. The van der Waals surface area contributed by atoms with E-state index in [2.05, 4.69) is 10.4 Å². The summed E-state index contributed by atoms with van der Waals surface area (Å²) in [6, 6.07) is 7.03. The number of aromatic nitrogens is 2. The Hall–Kier alpha value is -2.37. The van der Waals surface area contributed by atoms with E-state index in [9.17, 15) is 9.59 Å². The van der Waals surface area contributed by atoms with Crippen LogP contribution in [0.15, 0.2) is 30.5 Å². The highest BCUT2D eigenvalue weighted by molar-refractivity contribution is 5.85. The van der Waals surface area contributed by atoms with E-state index in [-0.39, 0.29) is 18.4 Å². The van der Waals surface area contributed by atoms with Crippen molar-refractivity contribution in [1.29, 1.82) is 0 Å². The van der Waals surface area contributed by atoms with Gasteiger partial charge in [-0.3, -0.25) is 9.48 Å². The average Bonchev–Trinajstić information content (AvgIpc) is 2.88. The number of esters is 1. The van der Waals surface area contributed by atoms with Crippen molar-refractivity contribution in [3.8, 4) is 0 Å². The summed E-state index contributed by atoms with van der Waals surface area (Å²) in [7, 11) is 1.32. The maximum absolute atomic E-state index is 12.2. The van der Waals surface area contributed by atoms with Crippen LogP contribution < -0.4 is 5.32 Å². The highest BCUT2D eigenvalue weighted by Gasteiger charge is 2.22. The smallest absolute Gasteiger partial charge is 0.328 e. The zero-order valence-corrected chi connectivity index (χ0v) is 13.1. The van der Waals surface area contributed by atoms with Gasteiger partial charge in [0, 0.05) is 5.39 Å². The molecule has 6 heteroatoms. The summed E-state index contributed by atoms with van der Waals surface area (Å²) in [6.07, 6.45) is 2.26. The van der Waals surface area contributed by atoms with Gasteiger partial charge < -0.3 is 10.1 Å². The number of nitrogens with zero attached hydrogens (tertiary/aromatic N) is 2. The van der Waals surface area contributed by atoms with Gasteiger partial charge in [-0.1, -0.05) is 32.0 Å². The maximum atomic E-state index is 12.2. The molecule has 2 aromatic rings. The zero-order valence-electron chi connectivity index (χ0n) is 13.1. The van der Waals surface area contributed by atoms with E-state index in [0.29, 0.717) is 6.42 Å². The fourth-order valence-corrected chi connectivity index (χ4v) is 2.36. The molecule has 0 saturated carbocycles. The first-order valence-corrected chi connectivity index (χ1v) is 7.29. The third-order valence-electron chi connectivity index (χ3n) is 3.37. The first-order chi connectivity index (χ1) is 10.5. The number of nitrogens with one attached hydrogen (secondary N) is 1. The van der Waals surface area contributed by atoms with E-state index in [1.807, 2.05) is 38.1 Å². The normalized spacial score (nSPS) is 12.4. The first kappa shape index (κ1) is 16.0. The molecule has 0 spiro atoms. The molecule has 1 aromatic heterocycles. The van der Waals surface area contributed by atoms with Gasteiger partial charge in [0.1, 0.15) is 12.6 Å². The molecule has 2 rings (SSSR count). The van der Waals surface area contributed by atoms with Crippen LogP contribution >= 0.6 is 0 Å². The highest BCUT2D eigenvalue weighted by atomic mass is 16.5. The van der Waals surface area contributed by atoms with Crippen molar-refractivity contribution in [3.05, 3.63) is 30.5 Å². The lowest BCUT2D eigenvalue weighted by Gasteiger charge is -2.18. The lowest BCUT2D eigenvalue weighted by atomic mass is 10.0. The van der Waals surface area contributed by atoms with Crippen molar-refractivity contribution in [3.63, 3.8) is 0 Å². The van der Waals surface area contributed by atoms with E-state index in [0.717, 1.165) is 10.9 Å². The van der Waals surface area contributed by atoms with Gasteiger partial charge in [0.05, 0.1) is 18.8 Å². The van der Waals surface area contributed by atoms with Crippen molar-refractivity contribution in [1.82, 2.24) is 15.1 Å². The molecule has 0 aliphatic carbocycles. The number of para-hydroxylation sites is 1. The lowest BCUT2D eigenvalue weighted by Crippen LogP contribution is -2.43. The van der Waals surface area contributed by atoms with Gasteiger partial charge in [0.25, 0.3) is 0 Å². The zero-order chi connectivity index (χ0) is 16.1. The van der Waals surface area contributed by atoms with E-state index in [1.54, 1.807) is 10.9 Å². The quantitative estimate of drug-likeness (QED) is 0.825. The van der Waals surface area contributed by atoms with Crippen LogP contribution in [0.1, 0.15) is 20.3 Å². The summed E-state index contributed by atoms with van der Waals surface area (Å²) in [5.74, 6) is -0.410. The number of hydrogen-bond donors (Lipinski definition) is 1. The van der Waals surface area contributed by atoms with Crippen LogP contribution in [0.25, 0.3) is 10.9 Å². The number of benzene rings is 1. The number of fused-ring (bicyclic) bond motifs is 1. The summed E-state index contributed by atoms with van der Waals surface area (Å²) in [6.45, 7) is 4.05. The molecule has 0 fully saturated rings. The highest BCUT2D eigenvalue weighted by Crippen LogP contribution is 2.12. The second-order valence-corrected chi connectivity index (χ2v) is 5.63. The second-order valence-electron chi connectivity index (χ2n) is 5.63. The Morgan fingerprint density at radius 1 is 1.32 bits per heavy atom. The maximum Gasteiger partial charge on any atom is 0.328 e. The topological polar surface area (TPSA) is 73.2 Å². The molecule has 0 bridgehead atoms. The summed E-state index contributed by atoms with van der Waals surface area (Å²) in [4.78, 5) is 23.9. The standard InChI is InChI=1S/C16H21N3O3/c1-11(2)8-13(16(21)22-3)18-15(20)10-19-14-7-5-4-6-12(14)9-17-19/h4-7,9,11,13H,8,10H2,1-3H3,(H,18,20)/t13-/m0/s1. The molecule has 0 aliphatic rings. The molecular weight excluding hydrogens is 282 g/mol. The fourth-order valence-electron chi connectivity index (χ4n) is 2.36. The molecular formula is C16H21N3O3. The van der Waals surface area contributed by atoms with Crippen LogP contribution in [0.5, 0.6) is 0 Å². The molecule has 0 aliphatic heterocycles. The van der Waals surface area contributed by atoms with Crippen LogP contribution in [0.3, 0.4) is 0 Å². The predicted octanol–water partition coefficient (Wildman–Crippen LogP) is 1.74. The minimum absolute atomic E-state index is 0.0686. The van der Waals surface area contributed by atoms with E-state index < -0.39 is 12.0 Å². The number of ether oxygens (including phenoxy) is 1. The van der Waals surface area contributed by atoms with Crippen LogP contribution in [0, 0.1) is 5.92 Å². The van der Waals surface area contributed by atoms with Crippen molar-refractivity contribution in [2.24, 2.45) is 5.92 Å². The number of methoxy groups -OCH3 is 1. The van der Waals surface area contributed by atoms with Gasteiger partial charge in [0.2, 0.25) is 5.91 Å². The SMILES string of the molecule is COC(=O)[C@H](CC(C)C)NC(=O)Cn1ncc2ccccc21. The van der Waals surface area contributed by atoms with Crippen LogP contribution in [0.2, 0.25) is 0 Å². The summed E-state index contributed by atoms with van der Waals surface area (Å²) >= 11 is 0. The Labute approximate surface area is 129 Å². The Balaban J connectivity index is 2.06. The number of amides is 1. The third-order valence-corrected chi connectivity index (χ3v) is 3.37. The molecule has 1 atom stereocenters. The first-order valence-electron chi connectivity index (χ1n) is 7.29. The second kappa shape index (κ2) is 7.06. The molecule has 22 heavy (non-hydrogen) atoms. The van der Waals surface area contributed by atoms with Crippen molar-refractivity contribution < 1.29 is 14.3 Å². The average molecular weight is 303 g/mol. The Morgan fingerprint density at radius 3 is 2.73 bits per heavy atom. The minimum Gasteiger partial charge on any atom is -0.467 e. The van der Waals surface area contributed by atoms with Gasteiger partial charge in [-0.15, -0.1) is 0 Å². The van der Waals surface area contributed by atoms with E-state index in [1.165, 1.54) is 7.11 Å². The third kappa shape index (κ3) is 3.84. The van der Waals surface area contributed by atoms with E-state index >= 15 is 0 Å². The van der Waals surface area contributed by atoms with Crippen LogP contribution in [0.4, 0.5) is 0 Å². The predicted molar refractivity (Wildman–Crippen MR) is 83.1 cm³/mol. The van der Waals surface area contributed by atoms with Gasteiger partial charge in [-0.05, 0) is 18.4 Å². The minimum atomic E-state index is -0.626. The van der Waals surface area contributed by atoms with Crippen LogP contribution in [-0.2, 0) is 20.9 Å². The summed E-state index contributed by atoms with van der Waals surface area (Å²) in [5, 5.41) is 7.91. The number of rotatable bonds is 6. The van der Waals surface area contributed by atoms with E-state index in [4.69, 9.17) is 4.74 Å². The molecule has 1 heterocycles. The fraction of sp³-hybridized carbons (Fsp3) is 0.438. The molecule has 0 unspecified atom stereocenters. The van der Waals surface area contributed by atoms with Crippen molar-refractivity contribution >= 4 is 22.8 Å². The lowest BCUT2D eigenvalue weighted by molar-refractivity contribution is -0.145. The van der Waals surface area contributed by atoms with Crippen molar-refractivity contribution in [2.45, 2.75) is 32.9 Å². The number of carbonyl (C=O) groups excluding carboxylic acids is 2. The van der Waals surface area contributed by atoms with Gasteiger partial charge in [0.15, 0.2) is 0 Å². The summed E-state index contributed by atoms with van der Waals surface area (Å²) in [5.41, 5.74) is 0.885. The Bertz CT molecular complexity index is 663. The molecule has 0 radical (unpaired) electrons. The largest absolute Gasteiger partial charge is 0.467 e. The number of carbonyl (C=O) groups is 2. The summed E-state index contributed by atoms with van der Waals surface area (Å²) < 4.78 is 6.36. The van der Waals surface area contributed by atoms with Gasteiger partial charge in [-0.25, -0.2) is 4.79 Å². The van der Waals surface area contributed by atoms with Gasteiger partial charge in [-0.2, -0.15) is 5.10 Å². The molecule has 6 nitrogen and oxygen atoms in total. The monoisotopic (exact) mass is 303 g/mol. The van der Waals surface area contributed by atoms with Crippen molar-refractivity contribution in [2.75, 3.05) is 7.11 Å². The Kier molecular flexibility index (Phi) is 5.14. The van der Waals surface area contributed by atoms with Crippen LogP contribution in [-0.4, -0.2) is 34.8 Å². The van der Waals surface area contributed by atoms with Gasteiger partial charge >= 0.3 is 5.97 Å². The molecule has 1 aromatic carbocycles. The molecule has 1 N–H and O–H groups in total. The molecule has 0 saturated heterocycles. The number of hydrogen-bond acceptors (Lipinski definition) is 4. The Morgan fingerprint density at radius 2 is 2.05 bits per heavy atom.